The highest BCUT2D eigenvalue weighted by molar-refractivity contribution is 5.80. The van der Waals surface area contributed by atoms with Crippen LogP contribution in [0.5, 0.6) is 0 Å². The molecule has 0 amide bonds. The van der Waals surface area contributed by atoms with Gasteiger partial charge in [0.05, 0.1) is 29.0 Å². The van der Waals surface area contributed by atoms with E-state index in [0.29, 0.717) is 11.9 Å². The quantitative estimate of drug-likeness (QED) is 0.566. The van der Waals surface area contributed by atoms with Crippen molar-refractivity contribution < 1.29 is 0 Å². The summed E-state index contributed by atoms with van der Waals surface area (Å²) in [6, 6.07) is 6.22. The van der Waals surface area contributed by atoms with Gasteiger partial charge in [-0.3, -0.25) is 0 Å². The first-order chi connectivity index (χ1) is 12.4. The molecule has 0 radical (unpaired) electrons. The van der Waals surface area contributed by atoms with E-state index in [4.69, 9.17) is 0 Å². The second-order valence-electron chi connectivity index (χ2n) is 6.11. The van der Waals surface area contributed by atoms with Gasteiger partial charge in [0.2, 0.25) is 0 Å². The Morgan fingerprint density at radius 1 is 1.12 bits per heavy atom. The third-order valence-electron chi connectivity index (χ3n) is 4.51. The molecule has 4 aromatic rings. The lowest BCUT2D eigenvalue weighted by molar-refractivity contribution is 0.337. The summed E-state index contributed by atoms with van der Waals surface area (Å²) in [5, 5.41) is 23.2. The van der Waals surface area contributed by atoms with Crippen LogP contribution >= 0.6 is 0 Å². The van der Waals surface area contributed by atoms with Gasteiger partial charge in [-0.25, -0.2) is 14.3 Å². The molecule has 3 aromatic heterocycles. The number of piperidine rings is 1. The number of tetrazole rings is 1. The maximum absolute atomic E-state index is 4.62. The Morgan fingerprint density at radius 2 is 2.04 bits per heavy atom. The Labute approximate surface area is 142 Å². The minimum absolute atomic E-state index is 0.401. The van der Waals surface area contributed by atoms with Crippen molar-refractivity contribution in [1.82, 2.24) is 50.5 Å². The van der Waals surface area contributed by atoms with Crippen LogP contribution in [0.25, 0.3) is 28.2 Å². The van der Waals surface area contributed by atoms with Crippen LogP contribution in [0.1, 0.15) is 18.9 Å². The maximum atomic E-state index is 4.62. The van der Waals surface area contributed by atoms with Crippen molar-refractivity contribution >= 4 is 11.0 Å². The van der Waals surface area contributed by atoms with E-state index in [1.54, 1.807) is 11.0 Å². The van der Waals surface area contributed by atoms with Gasteiger partial charge in [-0.15, -0.1) is 10.2 Å². The number of H-pyrrole nitrogens is 1. The fourth-order valence-corrected chi connectivity index (χ4v) is 3.18. The van der Waals surface area contributed by atoms with Crippen LogP contribution in [0.4, 0.5) is 0 Å². The monoisotopic (exact) mass is 336 g/mol. The summed E-state index contributed by atoms with van der Waals surface area (Å²) < 4.78 is 3.56. The van der Waals surface area contributed by atoms with Gasteiger partial charge < -0.3 is 10.3 Å². The Hall–Kier alpha value is -3.14. The molecule has 25 heavy (non-hydrogen) atoms. The zero-order valence-electron chi connectivity index (χ0n) is 13.4. The number of benzene rings is 1. The second-order valence-corrected chi connectivity index (χ2v) is 6.11. The number of fused-ring (bicyclic) bond motifs is 1. The summed E-state index contributed by atoms with van der Waals surface area (Å²) >= 11 is 0. The van der Waals surface area contributed by atoms with Crippen molar-refractivity contribution in [2.24, 2.45) is 0 Å². The number of aromatic nitrogens is 9. The predicted molar refractivity (Wildman–Crippen MR) is 89.0 cm³/mol. The summed E-state index contributed by atoms with van der Waals surface area (Å²) in [5.74, 6) is 0.712. The van der Waals surface area contributed by atoms with Crippen molar-refractivity contribution in [1.29, 1.82) is 0 Å². The minimum atomic E-state index is 0.401. The molecule has 4 heterocycles. The lowest BCUT2D eigenvalue weighted by Crippen LogP contribution is -2.29. The van der Waals surface area contributed by atoms with Crippen molar-refractivity contribution in [3.05, 3.63) is 30.7 Å². The lowest BCUT2D eigenvalue weighted by Gasteiger charge is -2.21. The highest BCUT2D eigenvalue weighted by atomic mass is 15.5. The third-order valence-corrected chi connectivity index (χ3v) is 4.51. The second kappa shape index (κ2) is 5.74. The van der Waals surface area contributed by atoms with Gasteiger partial charge in [0.25, 0.3) is 0 Å². The molecule has 2 N–H and O–H groups in total. The molecule has 0 spiro atoms. The van der Waals surface area contributed by atoms with Crippen molar-refractivity contribution in [3.8, 4) is 17.2 Å². The predicted octanol–water partition coefficient (Wildman–Crippen LogP) is 0.722. The van der Waals surface area contributed by atoms with Crippen LogP contribution < -0.4 is 5.32 Å². The first-order valence-corrected chi connectivity index (χ1v) is 8.23. The number of rotatable bonds is 3. The Balaban J connectivity index is 1.47. The molecule has 0 aliphatic carbocycles. The summed E-state index contributed by atoms with van der Waals surface area (Å²) in [6.07, 6.45) is 5.66. The van der Waals surface area contributed by atoms with Crippen molar-refractivity contribution in [3.63, 3.8) is 0 Å². The van der Waals surface area contributed by atoms with Crippen LogP contribution in [0.15, 0.2) is 30.7 Å². The standard InChI is InChI=1S/C15H16N10/c1-2-12-13(7-11(1)25-9-17-21-23-25)19-15(18-12)14-8-24(22-20-14)10-3-5-16-6-4-10/h1-2,7-10,16H,3-6H2,(H,18,19). The molecule has 0 saturated carbocycles. The summed E-state index contributed by atoms with van der Waals surface area (Å²) in [6.45, 7) is 2.04. The Bertz CT molecular complexity index is 993. The fraction of sp³-hybridized carbons (Fsp3) is 0.333. The van der Waals surface area contributed by atoms with Gasteiger partial charge in [-0.1, -0.05) is 5.21 Å². The highest BCUT2D eigenvalue weighted by Crippen LogP contribution is 2.23. The van der Waals surface area contributed by atoms with Crippen LogP contribution in [0.3, 0.4) is 0 Å². The number of nitrogens with zero attached hydrogens (tertiary/aromatic N) is 8. The normalized spacial score (nSPS) is 15.8. The van der Waals surface area contributed by atoms with E-state index < -0.39 is 0 Å². The molecule has 1 saturated heterocycles. The Kier molecular flexibility index (Phi) is 3.27. The SMILES string of the molecule is c1cc2nc(-c3cn(C4CCNCC4)nn3)[nH]c2cc1-n1cnnn1. The molecule has 1 aliphatic rings. The molecule has 1 fully saturated rings. The number of hydrogen-bond acceptors (Lipinski definition) is 7. The van der Waals surface area contributed by atoms with Crippen LogP contribution in [0, 0.1) is 0 Å². The van der Waals surface area contributed by atoms with Gasteiger partial charge in [-0.05, 0) is 54.6 Å². The topological polar surface area (TPSA) is 115 Å². The molecule has 5 rings (SSSR count). The van der Waals surface area contributed by atoms with Gasteiger partial charge in [-0.2, -0.15) is 0 Å². The highest BCUT2D eigenvalue weighted by Gasteiger charge is 2.18. The molecule has 10 heteroatoms. The molecular formula is C15H16N10. The van der Waals surface area contributed by atoms with E-state index in [-0.39, 0.29) is 0 Å². The molecule has 0 unspecified atom stereocenters. The van der Waals surface area contributed by atoms with E-state index in [0.717, 1.165) is 48.3 Å². The maximum Gasteiger partial charge on any atom is 0.160 e. The average Bonchev–Trinajstić information content (AvgIpc) is 3.41. The first kappa shape index (κ1) is 14.2. The van der Waals surface area contributed by atoms with Crippen molar-refractivity contribution in [2.75, 3.05) is 13.1 Å². The summed E-state index contributed by atoms with van der Waals surface area (Å²) in [5.41, 5.74) is 3.38. The minimum Gasteiger partial charge on any atom is -0.336 e. The Morgan fingerprint density at radius 3 is 2.88 bits per heavy atom. The average molecular weight is 336 g/mol. The smallest absolute Gasteiger partial charge is 0.160 e. The first-order valence-electron chi connectivity index (χ1n) is 8.23. The number of aromatic amines is 1. The zero-order chi connectivity index (χ0) is 16.6. The van der Waals surface area contributed by atoms with Gasteiger partial charge >= 0.3 is 0 Å². The van der Waals surface area contributed by atoms with E-state index in [2.05, 4.69) is 41.1 Å². The molecule has 1 aromatic carbocycles. The molecule has 126 valence electrons. The van der Waals surface area contributed by atoms with Crippen LogP contribution in [0.2, 0.25) is 0 Å². The van der Waals surface area contributed by atoms with E-state index in [9.17, 15) is 0 Å². The number of hydrogen-bond donors (Lipinski definition) is 2. The van der Waals surface area contributed by atoms with E-state index in [1.165, 1.54) is 0 Å². The molecule has 0 bridgehead atoms. The van der Waals surface area contributed by atoms with E-state index >= 15 is 0 Å². The molecule has 10 nitrogen and oxygen atoms in total. The zero-order valence-corrected chi connectivity index (χ0v) is 13.4. The summed E-state index contributed by atoms with van der Waals surface area (Å²) in [4.78, 5) is 7.93. The molecular weight excluding hydrogens is 320 g/mol. The largest absolute Gasteiger partial charge is 0.336 e. The fourth-order valence-electron chi connectivity index (χ4n) is 3.18. The number of imidazole rings is 1. The van der Waals surface area contributed by atoms with Gasteiger partial charge in [0.1, 0.15) is 12.0 Å². The summed E-state index contributed by atoms with van der Waals surface area (Å²) in [7, 11) is 0. The van der Waals surface area contributed by atoms with Crippen molar-refractivity contribution in [2.45, 2.75) is 18.9 Å². The molecule has 0 atom stereocenters. The van der Waals surface area contributed by atoms with Crippen LogP contribution in [-0.2, 0) is 0 Å². The van der Waals surface area contributed by atoms with Crippen LogP contribution in [-0.4, -0.2) is 58.3 Å². The molecule has 1 aliphatic heterocycles. The lowest BCUT2D eigenvalue weighted by atomic mass is 10.1. The van der Waals surface area contributed by atoms with Gasteiger partial charge in [0, 0.05) is 0 Å². The number of nitrogens with one attached hydrogen (secondary N) is 2. The van der Waals surface area contributed by atoms with E-state index in [1.807, 2.05) is 29.1 Å². The van der Waals surface area contributed by atoms with Gasteiger partial charge in [0.15, 0.2) is 5.82 Å². The third kappa shape index (κ3) is 2.56.